The van der Waals surface area contributed by atoms with Crippen molar-refractivity contribution in [2.24, 2.45) is 4.99 Å². The molecule has 0 spiro atoms. The smallest absolute Gasteiger partial charge is 0.109 e. The van der Waals surface area contributed by atoms with Crippen LogP contribution in [0.2, 0.25) is 19.6 Å². The molecule has 2 rings (SSSR count). The van der Waals surface area contributed by atoms with Crippen molar-refractivity contribution in [3.05, 3.63) is 0 Å². The van der Waals surface area contributed by atoms with Gasteiger partial charge in [0.1, 0.15) is 7.22 Å². The molecular formula is C17H33NSSi. The fraction of sp³-hybridized carbons (Fsp3) is 0.941. The molecule has 0 amide bonds. The Morgan fingerprint density at radius 2 is 1.45 bits per heavy atom. The van der Waals surface area contributed by atoms with Crippen molar-refractivity contribution in [3.63, 3.8) is 0 Å². The maximum atomic E-state index is 5.30. The molecule has 0 heterocycles. The van der Waals surface area contributed by atoms with Gasteiger partial charge in [0.2, 0.25) is 0 Å². The Morgan fingerprint density at radius 1 is 0.850 bits per heavy atom. The molecule has 2 fully saturated rings. The Balaban J connectivity index is 2.06. The molecule has 116 valence electrons. The quantitative estimate of drug-likeness (QED) is 0.456. The van der Waals surface area contributed by atoms with Gasteiger partial charge in [0, 0.05) is 17.0 Å². The first kappa shape index (κ1) is 16.6. The van der Waals surface area contributed by atoms with Crippen molar-refractivity contribution < 1.29 is 0 Å². The van der Waals surface area contributed by atoms with Crippen LogP contribution in [0.5, 0.6) is 0 Å². The van der Waals surface area contributed by atoms with Crippen LogP contribution in [-0.4, -0.2) is 24.2 Å². The number of hydrogen-bond acceptors (Lipinski definition) is 2. The van der Waals surface area contributed by atoms with E-state index < -0.39 is 7.22 Å². The third-order valence-corrected chi connectivity index (χ3v) is 8.91. The van der Waals surface area contributed by atoms with Crippen LogP contribution in [0.3, 0.4) is 0 Å². The van der Waals surface area contributed by atoms with Gasteiger partial charge in [-0.3, -0.25) is 4.99 Å². The molecule has 0 radical (unpaired) electrons. The van der Waals surface area contributed by atoms with Gasteiger partial charge in [0.05, 0.1) is 0 Å². The van der Waals surface area contributed by atoms with Crippen LogP contribution in [0.25, 0.3) is 0 Å². The van der Waals surface area contributed by atoms with Crippen LogP contribution < -0.4 is 0 Å². The van der Waals surface area contributed by atoms with Crippen molar-refractivity contribution in [1.29, 1.82) is 0 Å². The van der Waals surface area contributed by atoms with Crippen molar-refractivity contribution in [3.8, 4) is 0 Å². The molecule has 0 aromatic rings. The highest BCUT2D eigenvalue weighted by Gasteiger charge is 2.27. The van der Waals surface area contributed by atoms with Gasteiger partial charge >= 0.3 is 0 Å². The van der Waals surface area contributed by atoms with E-state index in [4.69, 9.17) is 4.99 Å². The zero-order chi connectivity index (χ0) is 14.4. The molecule has 2 aliphatic rings. The molecular weight excluding hydrogens is 278 g/mol. The summed E-state index contributed by atoms with van der Waals surface area (Å²) in [5.74, 6) is 0. The van der Waals surface area contributed by atoms with Gasteiger partial charge in [-0.2, -0.15) is 11.2 Å². The molecule has 0 bridgehead atoms. The summed E-state index contributed by atoms with van der Waals surface area (Å²) in [6.07, 6.45) is 15.3. The second-order valence-electron chi connectivity index (χ2n) is 7.58. The number of aliphatic imine (C=N–C) groups is 1. The van der Waals surface area contributed by atoms with E-state index in [1.807, 2.05) is 0 Å². The predicted octanol–water partition coefficient (Wildman–Crippen LogP) is 6.05. The standard InChI is InChI=1S/C17H33NSSi/c1-20(2,3)19-17-14-10-6-9-13-16(17)18-15-11-7-4-5-8-12-15/h15,17H,4-14H2,1-3H3/b18-16+. The fourth-order valence-corrected chi connectivity index (χ4v) is 8.24. The zero-order valence-corrected chi connectivity index (χ0v) is 15.6. The number of rotatable bonds is 3. The van der Waals surface area contributed by atoms with Crippen molar-refractivity contribution >= 4 is 24.1 Å². The van der Waals surface area contributed by atoms with Gasteiger partial charge < -0.3 is 0 Å². The molecule has 20 heavy (non-hydrogen) atoms. The summed E-state index contributed by atoms with van der Waals surface area (Å²) in [6.45, 7) is 7.48. The average molecular weight is 312 g/mol. The van der Waals surface area contributed by atoms with Crippen LogP contribution in [0.15, 0.2) is 4.99 Å². The number of hydrogen-bond donors (Lipinski definition) is 0. The minimum atomic E-state index is -1.05. The fourth-order valence-electron chi connectivity index (χ4n) is 3.46. The monoisotopic (exact) mass is 311 g/mol. The van der Waals surface area contributed by atoms with Gasteiger partial charge in [0.25, 0.3) is 0 Å². The summed E-state index contributed by atoms with van der Waals surface area (Å²) >= 11 is 2.30. The molecule has 0 N–H and O–H groups in total. The Hall–Kier alpha value is 0.237. The van der Waals surface area contributed by atoms with Crippen LogP contribution in [0.1, 0.15) is 70.6 Å². The lowest BCUT2D eigenvalue weighted by atomic mass is 10.1. The van der Waals surface area contributed by atoms with Crippen molar-refractivity contribution in [2.75, 3.05) is 0 Å². The van der Waals surface area contributed by atoms with E-state index in [0.717, 1.165) is 5.25 Å². The molecule has 0 saturated heterocycles. The largest absolute Gasteiger partial charge is 0.290 e. The van der Waals surface area contributed by atoms with Crippen molar-refractivity contribution in [1.82, 2.24) is 0 Å². The SMILES string of the molecule is C[Si](C)(C)SC1CCCCC/C1=N\C1CCCCCC1. The molecule has 2 saturated carbocycles. The third kappa shape index (κ3) is 5.93. The highest BCUT2D eigenvalue weighted by molar-refractivity contribution is 8.29. The summed E-state index contributed by atoms with van der Waals surface area (Å²) < 4.78 is 0. The molecule has 1 nitrogen and oxygen atoms in total. The second kappa shape index (κ2) is 8.02. The minimum absolute atomic E-state index is 0.662. The Labute approximate surface area is 131 Å². The van der Waals surface area contributed by atoms with Gasteiger partial charge in [0.15, 0.2) is 0 Å². The van der Waals surface area contributed by atoms with E-state index in [2.05, 4.69) is 30.9 Å². The number of nitrogens with zero attached hydrogens (tertiary/aromatic N) is 1. The van der Waals surface area contributed by atoms with E-state index in [9.17, 15) is 0 Å². The van der Waals surface area contributed by atoms with Gasteiger partial charge in [-0.05, 0) is 32.1 Å². The molecule has 1 unspecified atom stereocenters. The summed E-state index contributed by atoms with van der Waals surface area (Å²) in [7, 11) is -1.05. The Bertz CT molecular complexity index is 313. The van der Waals surface area contributed by atoms with Crippen LogP contribution in [0, 0.1) is 0 Å². The summed E-state index contributed by atoms with van der Waals surface area (Å²) in [6, 6.07) is 0.662. The molecule has 1 atom stereocenters. The predicted molar refractivity (Wildman–Crippen MR) is 96.7 cm³/mol. The normalized spacial score (nSPS) is 29.1. The summed E-state index contributed by atoms with van der Waals surface area (Å²) in [5.41, 5.74) is 1.60. The highest BCUT2D eigenvalue weighted by Crippen LogP contribution is 2.33. The van der Waals surface area contributed by atoms with Gasteiger partial charge in [-0.15, -0.1) is 0 Å². The maximum absolute atomic E-state index is 5.30. The van der Waals surface area contributed by atoms with E-state index in [1.54, 1.807) is 5.71 Å². The second-order valence-corrected chi connectivity index (χ2v) is 17.0. The topological polar surface area (TPSA) is 12.4 Å². The average Bonchev–Trinajstić information content (AvgIpc) is 2.72. The lowest BCUT2D eigenvalue weighted by Gasteiger charge is -2.25. The van der Waals surface area contributed by atoms with Gasteiger partial charge in [-0.25, -0.2) is 0 Å². The third-order valence-electron chi connectivity index (χ3n) is 4.44. The van der Waals surface area contributed by atoms with Crippen LogP contribution in [-0.2, 0) is 0 Å². The molecule has 3 heteroatoms. The molecule has 0 aromatic carbocycles. The van der Waals surface area contributed by atoms with E-state index in [0.29, 0.717) is 6.04 Å². The molecule has 0 aromatic heterocycles. The first-order valence-electron chi connectivity index (χ1n) is 8.79. The summed E-state index contributed by atoms with van der Waals surface area (Å²) in [5, 5.41) is 0.757. The first-order chi connectivity index (χ1) is 9.54. The van der Waals surface area contributed by atoms with Gasteiger partial charge in [-0.1, -0.05) is 58.2 Å². The van der Waals surface area contributed by atoms with E-state index in [-0.39, 0.29) is 0 Å². The first-order valence-corrected chi connectivity index (χ1v) is 13.9. The van der Waals surface area contributed by atoms with Crippen LogP contribution >= 0.6 is 11.2 Å². The Morgan fingerprint density at radius 3 is 2.10 bits per heavy atom. The van der Waals surface area contributed by atoms with Crippen LogP contribution in [0.4, 0.5) is 0 Å². The molecule has 2 aliphatic carbocycles. The summed E-state index contributed by atoms with van der Waals surface area (Å²) in [4.78, 5) is 5.30. The molecule has 0 aliphatic heterocycles. The zero-order valence-electron chi connectivity index (χ0n) is 13.8. The Kier molecular flexibility index (Phi) is 6.66. The van der Waals surface area contributed by atoms with E-state index >= 15 is 0 Å². The maximum Gasteiger partial charge on any atom is 0.109 e. The van der Waals surface area contributed by atoms with E-state index in [1.165, 1.54) is 70.6 Å². The van der Waals surface area contributed by atoms with Crippen molar-refractivity contribution in [2.45, 2.75) is 102 Å². The minimum Gasteiger partial charge on any atom is -0.290 e. The highest BCUT2D eigenvalue weighted by atomic mass is 32.4. The lowest BCUT2D eigenvalue weighted by Crippen LogP contribution is -2.27. The lowest BCUT2D eigenvalue weighted by molar-refractivity contribution is 0.583.